The molecule has 2 amide bonds. The van der Waals surface area contributed by atoms with E-state index >= 15 is 0 Å². The van der Waals surface area contributed by atoms with Crippen molar-refractivity contribution in [1.29, 1.82) is 0 Å². The van der Waals surface area contributed by atoms with Crippen LogP contribution in [0, 0.1) is 0 Å². The van der Waals surface area contributed by atoms with Crippen LogP contribution in [0.2, 0.25) is 0 Å². The highest BCUT2D eigenvalue weighted by Gasteiger charge is 2.38. The Balaban J connectivity index is 2.68. The zero-order valence-corrected chi connectivity index (χ0v) is 13.1. The van der Waals surface area contributed by atoms with Gasteiger partial charge in [-0.1, -0.05) is 6.07 Å². The average molecular weight is 324 g/mol. The lowest BCUT2D eigenvalue weighted by molar-refractivity contribution is -0.122. The first-order valence-electron chi connectivity index (χ1n) is 6.37. The third-order valence-electron chi connectivity index (χ3n) is 3.37. The smallest absolute Gasteiger partial charge is 0.337 e. The van der Waals surface area contributed by atoms with Gasteiger partial charge < -0.3 is 9.47 Å². The van der Waals surface area contributed by atoms with Gasteiger partial charge in [0.05, 0.1) is 31.0 Å². The Morgan fingerprint density at radius 3 is 2.45 bits per heavy atom. The van der Waals surface area contributed by atoms with Crippen molar-refractivity contribution in [3.05, 3.63) is 35.1 Å². The maximum Gasteiger partial charge on any atom is 0.337 e. The average Bonchev–Trinajstić information content (AvgIpc) is 2.83. The highest BCUT2D eigenvalue weighted by molar-refractivity contribution is 6.43. The number of anilines is 1. The molecule has 7 heteroatoms. The summed E-state index contributed by atoms with van der Waals surface area (Å²) in [5, 5.41) is 0. The van der Waals surface area contributed by atoms with Crippen molar-refractivity contribution in [3.63, 3.8) is 0 Å². The second-order valence-corrected chi connectivity index (χ2v) is 4.79. The van der Waals surface area contributed by atoms with Gasteiger partial charge in [-0.15, -0.1) is 11.6 Å². The molecule has 1 aliphatic heterocycles. The minimum atomic E-state index is -0.575. The van der Waals surface area contributed by atoms with E-state index in [4.69, 9.17) is 16.3 Å². The van der Waals surface area contributed by atoms with E-state index in [9.17, 15) is 14.4 Å². The first-order chi connectivity index (χ1) is 10.5. The molecule has 0 spiro atoms. The van der Waals surface area contributed by atoms with Crippen LogP contribution >= 0.6 is 11.6 Å². The predicted octanol–water partition coefficient (Wildman–Crippen LogP) is 1.96. The number of ether oxygens (including phenoxy) is 2. The summed E-state index contributed by atoms with van der Waals surface area (Å²) in [4.78, 5) is 37.1. The number of esters is 1. The first-order valence-corrected chi connectivity index (χ1v) is 6.90. The summed E-state index contributed by atoms with van der Waals surface area (Å²) >= 11 is 5.57. The Bertz CT molecular complexity index is 695. The largest absolute Gasteiger partial charge is 0.501 e. The number of methoxy groups -OCH3 is 2. The Hall–Kier alpha value is -2.34. The SMILES string of the molecule is COC(=O)c1ccc2c(c1)N(C(=O)CCl)C(=O)/C2=C(/C)OC. The number of hydrogen-bond acceptors (Lipinski definition) is 5. The summed E-state index contributed by atoms with van der Waals surface area (Å²) in [7, 11) is 2.69. The lowest BCUT2D eigenvalue weighted by Crippen LogP contribution is -2.34. The highest BCUT2D eigenvalue weighted by atomic mass is 35.5. The lowest BCUT2D eigenvalue weighted by atomic mass is 10.0. The minimum absolute atomic E-state index is 0.234. The quantitative estimate of drug-likeness (QED) is 0.368. The Morgan fingerprint density at radius 2 is 1.91 bits per heavy atom. The van der Waals surface area contributed by atoms with E-state index in [0.29, 0.717) is 17.0 Å². The van der Waals surface area contributed by atoms with Crippen molar-refractivity contribution in [2.24, 2.45) is 0 Å². The monoisotopic (exact) mass is 323 g/mol. The predicted molar refractivity (Wildman–Crippen MR) is 80.6 cm³/mol. The van der Waals surface area contributed by atoms with E-state index in [1.807, 2.05) is 0 Å². The number of allylic oxidation sites excluding steroid dienone is 1. The van der Waals surface area contributed by atoms with Crippen LogP contribution in [0.25, 0.3) is 5.57 Å². The van der Waals surface area contributed by atoms with E-state index in [-0.39, 0.29) is 17.0 Å². The van der Waals surface area contributed by atoms with Crippen molar-refractivity contribution in [2.45, 2.75) is 6.92 Å². The molecule has 2 rings (SSSR count). The number of rotatable bonds is 3. The summed E-state index contributed by atoms with van der Waals surface area (Å²) in [6.07, 6.45) is 0. The molecule has 0 aliphatic carbocycles. The molecule has 116 valence electrons. The van der Waals surface area contributed by atoms with Crippen LogP contribution in [-0.2, 0) is 19.1 Å². The van der Waals surface area contributed by atoms with Crippen LogP contribution in [0.4, 0.5) is 5.69 Å². The first kappa shape index (κ1) is 16.0. The second-order valence-electron chi connectivity index (χ2n) is 4.53. The second kappa shape index (κ2) is 6.19. The maximum absolute atomic E-state index is 12.5. The molecule has 0 bridgehead atoms. The number of fused-ring (bicyclic) bond motifs is 1. The molecule has 0 saturated carbocycles. The van der Waals surface area contributed by atoms with E-state index in [1.165, 1.54) is 26.4 Å². The van der Waals surface area contributed by atoms with Gasteiger partial charge in [-0.3, -0.25) is 9.59 Å². The Kier molecular flexibility index (Phi) is 4.51. The van der Waals surface area contributed by atoms with Crippen molar-refractivity contribution < 1.29 is 23.9 Å². The molecular formula is C15H14ClNO5. The Morgan fingerprint density at radius 1 is 1.23 bits per heavy atom. The topological polar surface area (TPSA) is 72.9 Å². The number of amides is 2. The number of alkyl halides is 1. The van der Waals surface area contributed by atoms with Crippen molar-refractivity contribution in [3.8, 4) is 0 Å². The Labute approximate surface area is 132 Å². The van der Waals surface area contributed by atoms with Gasteiger partial charge in [0.15, 0.2) is 0 Å². The third-order valence-corrected chi connectivity index (χ3v) is 3.60. The number of benzene rings is 1. The van der Waals surface area contributed by atoms with Gasteiger partial charge in [0, 0.05) is 5.56 Å². The summed E-state index contributed by atoms with van der Waals surface area (Å²) in [5.74, 6) is -1.64. The fourth-order valence-electron chi connectivity index (χ4n) is 2.26. The summed E-state index contributed by atoms with van der Waals surface area (Å²) in [5.41, 5.74) is 1.31. The lowest BCUT2D eigenvalue weighted by Gasteiger charge is -2.14. The molecule has 1 aromatic carbocycles. The van der Waals surface area contributed by atoms with Crippen LogP contribution < -0.4 is 4.90 Å². The zero-order chi connectivity index (χ0) is 16.4. The van der Waals surface area contributed by atoms with Gasteiger partial charge in [0.25, 0.3) is 5.91 Å². The normalized spacial score (nSPS) is 15.5. The molecule has 0 aromatic heterocycles. The van der Waals surface area contributed by atoms with E-state index in [1.54, 1.807) is 13.0 Å². The summed E-state index contributed by atoms with van der Waals surface area (Å²) in [6.45, 7) is 1.62. The molecule has 1 aromatic rings. The third kappa shape index (κ3) is 2.46. The fraction of sp³-hybridized carbons (Fsp3) is 0.267. The van der Waals surface area contributed by atoms with Crippen molar-refractivity contribution >= 4 is 40.6 Å². The number of imide groups is 1. The zero-order valence-electron chi connectivity index (χ0n) is 12.3. The number of nitrogens with zero attached hydrogens (tertiary/aromatic N) is 1. The van der Waals surface area contributed by atoms with Gasteiger partial charge in [-0.2, -0.15) is 0 Å². The van der Waals surface area contributed by atoms with Crippen LogP contribution in [0.1, 0.15) is 22.8 Å². The number of carbonyl (C=O) groups is 3. The molecule has 0 N–H and O–H groups in total. The molecule has 0 fully saturated rings. The van der Waals surface area contributed by atoms with Crippen molar-refractivity contribution in [1.82, 2.24) is 0 Å². The van der Waals surface area contributed by atoms with Crippen LogP contribution in [0.5, 0.6) is 0 Å². The van der Waals surface area contributed by atoms with Gasteiger partial charge in [0.2, 0.25) is 5.91 Å². The minimum Gasteiger partial charge on any atom is -0.501 e. The van der Waals surface area contributed by atoms with E-state index < -0.39 is 17.8 Å². The van der Waals surface area contributed by atoms with Crippen LogP contribution in [0.3, 0.4) is 0 Å². The van der Waals surface area contributed by atoms with Crippen LogP contribution in [0.15, 0.2) is 24.0 Å². The van der Waals surface area contributed by atoms with E-state index in [2.05, 4.69) is 4.74 Å². The fourth-order valence-corrected chi connectivity index (χ4v) is 2.38. The molecule has 0 atom stereocenters. The van der Waals surface area contributed by atoms with Crippen LogP contribution in [-0.4, -0.2) is 37.9 Å². The van der Waals surface area contributed by atoms with Gasteiger partial charge >= 0.3 is 5.97 Å². The summed E-state index contributed by atoms with van der Waals surface area (Å²) in [6, 6.07) is 4.54. The number of halogens is 1. The molecular weight excluding hydrogens is 310 g/mol. The number of hydrogen-bond donors (Lipinski definition) is 0. The highest BCUT2D eigenvalue weighted by Crippen LogP contribution is 2.39. The molecule has 0 saturated heterocycles. The van der Waals surface area contributed by atoms with E-state index in [0.717, 1.165) is 4.90 Å². The van der Waals surface area contributed by atoms with Gasteiger partial charge in [-0.25, -0.2) is 9.69 Å². The maximum atomic E-state index is 12.5. The molecule has 6 nitrogen and oxygen atoms in total. The standard InChI is InChI=1S/C15H14ClNO5/c1-8(21-2)13-10-5-4-9(15(20)22-3)6-11(10)17(14(13)19)12(18)7-16/h4-6H,7H2,1-3H3/b13-8-. The van der Waals surface area contributed by atoms with Gasteiger partial charge in [0.1, 0.15) is 11.6 Å². The molecule has 0 unspecified atom stereocenters. The molecule has 1 heterocycles. The van der Waals surface area contributed by atoms with Gasteiger partial charge in [-0.05, 0) is 19.1 Å². The molecule has 0 radical (unpaired) electrons. The summed E-state index contributed by atoms with van der Waals surface area (Å²) < 4.78 is 9.77. The number of carbonyl (C=O) groups excluding carboxylic acids is 3. The molecule has 22 heavy (non-hydrogen) atoms. The molecule has 1 aliphatic rings. The van der Waals surface area contributed by atoms with Crippen molar-refractivity contribution in [2.75, 3.05) is 25.0 Å².